The lowest BCUT2D eigenvalue weighted by atomic mass is 10.0. The van der Waals surface area contributed by atoms with Gasteiger partial charge in [0, 0.05) is 11.5 Å². The Balaban J connectivity index is 2.52. The molecule has 0 aromatic heterocycles. The molecule has 1 aliphatic carbocycles. The van der Waals surface area contributed by atoms with Crippen molar-refractivity contribution in [2.24, 2.45) is 0 Å². The fourth-order valence-corrected chi connectivity index (χ4v) is 2.00. The largest absolute Gasteiger partial charge is 0.496 e. The third-order valence-electron chi connectivity index (χ3n) is 2.64. The summed E-state index contributed by atoms with van der Waals surface area (Å²) >= 11 is 0. The number of fused-ring (bicyclic) bond motifs is 1. The van der Waals surface area contributed by atoms with Crippen LogP contribution in [0.2, 0.25) is 0 Å². The number of aldehydes is 1. The Morgan fingerprint density at radius 2 is 2.38 bits per heavy atom. The summed E-state index contributed by atoms with van der Waals surface area (Å²) in [6.45, 7) is 0. The maximum absolute atomic E-state index is 10.8. The number of benzene rings is 1. The predicted octanol–water partition coefficient (Wildman–Crippen LogP) is 1.92. The monoisotopic (exact) mass is 176 g/mol. The van der Waals surface area contributed by atoms with Crippen LogP contribution in [0.4, 0.5) is 0 Å². The molecule has 0 saturated heterocycles. The molecule has 0 N–H and O–H groups in total. The van der Waals surface area contributed by atoms with Crippen LogP contribution in [0.25, 0.3) is 0 Å². The van der Waals surface area contributed by atoms with Crippen molar-refractivity contribution >= 4 is 6.29 Å². The second-order valence-corrected chi connectivity index (χ2v) is 3.31. The summed E-state index contributed by atoms with van der Waals surface area (Å²) in [5, 5.41) is 0. The number of hydrogen-bond acceptors (Lipinski definition) is 2. The number of rotatable bonds is 2. The number of carbonyl (C=O) groups is 1. The number of methoxy groups -OCH3 is 1. The van der Waals surface area contributed by atoms with Gasteiger partial charge in [-0.25, -0.2) is 0 Å². The Hall–Kier alpha value is -1.31. The second-order valence-electron chi connectivity index (χ2n) is 3.31. The van der Waals surface area contributed by atoms with Crippen molar-refractivity contribution in [3.8, 4) is 5.75 Å². The van der Waals surface area contributed by atoms with Gasteiger partial charge in [-0.2, -0.15) is 0 Å². The maximum atomic E-state index is 10.8. The molecule has 2 nitrogen and oxygen atoms in total. The minimum atomic E-state index is 0.0474. The standard InChI is InChI=1S/C11H12O2/c1-13-10-4-2-3-8-5-6-9(7-12)11(8)10/h2-4,7,9H,5-6H2,1H3. The van der Waals surface area contributed by atoms with Crippen molar-refractivity contribution in [1.29, 1.82) is 0 Å². The van der Waals surface area contributed by atoms with Crippen molar-refractivity contribution in [2.75, 3.05) is 7.11 Å². The van der Waals surface area contributed by atoms with E-state index in [1.54, 1.807) is 7.11 Å². The number of carbonyl (C=O) groups excluding carboxylic acids is 1. The topological polar surface area (TPSA) is 26.3 Å². The van der Waals surface area contributed by atoms with Gasteiger partial charge < -0.3 is 9.53 Å². The first kappa shape index (κ1) is 8.30. The zero-order valence-corrected chi connectivity index (χ0v) is 7.62. The van der Waals surface area contributed by atoms with E-state index in [0.29, 0.717) is 0 Å². The normalized spacial score (nSPS) is 19.6. The summed E-state index contributed by atoms with van der Waals surface area (Å²) in [5.41, 5.74) is 2.36. The van der Waals surface area contributed by atoms with Gasteiger partial charge in [-0.1, -0.05) is 12.1 Å². The van der Waals surface area contributed by atoms with Crippen LogP contribution in [-0.2, 0) is 11.2 Å². The Morgan fingerprint density at radius 1 is 1.54 bits per heavy atom. The summed E-state index contributed by atoms with van der Waals surface area (Å²) in [4.78, 5) is 10.8. The molecule has 0 fully saturated rings. The fraction of sp³-hybridized carbons (Fsp3) is 0.364. The molecule has 0 heterocycles. The summed E-state index contributed by atoms with van der Waals surface area (Å²) in [7, 11) is 1.65. The van der Waals surface area contributed by atoms with Gasteiger partial charge in [-0.05, 0) is 24.5 Å². The van der Waals surface area contributed by atoms with Crippen LogP contribution in [0.5, 0.6) is 5.75 Å². The van der Waals surface area contributed by atoms with Crippen molar-refractivity contribution in [3.05, 3.63) is 29.3 Å². The van der Waals surface area contributed by atoms with Gasteiger partial charge >= 0.3 is 0 Å². The molecule has 0 amide bonds. The van der Waals surface area contributed by atoms with Crippen LogP contribution in [0.15, 0.2) is 18.2 Å². The summed E-state index contributed by atoms with van der Waals surface area (Å²) in [5.74, 6) is 0.901. The van der Waals surface area contributed by atoms with E-state index < -0.39 is 0 Å². The van der Waals surface area contributed by atoms with Gasteiger partial charge in [-0.15, -0.1) is 0 Å². The summed E-state index contributed by atoms with van der Waals surface area (Å²) in [6, 6.07) is 5.97. The molecule has 0 aliphatic heterocycles. The first-order chi connectivity index (χ1) is 6.36. The SMILES string of the molecule is COc1cccc2c1C(C=O)CC2. The molecule has 2 rings (SSSR count). The van der Waals surface area contributed by atoms with E-state index in [-0.39, 0.29) is 5.92 Å². The third-order valence-corrected chi connectivity index (χ3v) is 2.64. The van der Waals surface area contributed by atoms with Gasteiger partial charge in [0.25, 0.3) is 0 Å². The highest BCUT2D eigenvalue weighted by molar-refractivity contribution is 5.68. The molecule has 1 aromatic carbocycles. The van der Waals surface area contributed by atoms with Crippen LogP contribution in [0, 0.1) is 0 Å². The lowest BCUT2D eigenvalue weighted by Crippen LogP contribution is -1.97. The van der Waals surface area contributed by atoms with Crippen molar-refractivity contribution in [3.63, 3.8) is 0 Å². The summed E-state index contributed by atoms with van der Waals surface area (Å²) < 4.78 is 5.23. The molecule has 1 aliphatic rings. The molecule has 2 heteroatoms. The highest BCUT2D eigenvalue weighted by Gasteiger charge is 2.24. The van der Waals surface area contributed by atoms with Crippen LogP contribution in [0.1, 0.15) is 23.5 Å². The second kappa shape index (κ2) is 3.21. The summed E-state index contributed by atoms with van der Waals surface area (Å²) in [6.07, 6.45) is 2.95. The quantitative estimate of drug-likeness (QED) is 0.643. The van der Waals surface area contributed by atoms with Gasteiger partial charge in [0.2, 0.25) is 0 Å². The molecule has 13 heavy (non-hydrogen) atoms. The minimum absolute atomic E-state index is 0.0474. The molecule has 0 bridgehead atoms. The first-order valence-electron chi connectivity index (χ1n) is 4.48. The fourth-order valence-electron chi connectivity index (χ4n) is 2.00. The minimum Gasteiger partial charge on any atom is -0.496 e. The number of hydrogen-bond donors (Lipinski definition) is 0. The van der Waals surface area contributed by atoms with E-state index in [0.717, 1.165) is 30.4 Å². The van der Waals surface area contributed by atoms with E-state index in [9.17, 15) is 4.79 Å². The van der Waals surface area contributed by atoms with Crippen LogP contribution >= 0.6 is 0 Å². The van der Waals surface area contributed by atoms with Crippen LogP contribution in [0.3, 0.4) is 0 Å². The van der Waals surface area contributed by atoms with E-state index >= 15 is 0 Å². The smallest absolute Gasteiger partial charge is 0.127 e. The molecule has 0 radical (unpaired) electrons. The highest BCUT2D eigenvalue weighted by Crippen LogP contribution is 2.37. The molecular formula is C11H12O2. The van der Waals surface area contributed by atoms with Crippen LogP contribution < -0.4 is 4.74 Å². The van der Waals surface area contributed by atoms with Crippen molar-refractivity contribution in [1.82, 2.24) is 0 Å². The Bertz CT molecular complexity index is 331. The molecule has 1 unspecified atom stereocenters. The van der Waals surface area contributed by atoms with Gasteiger partial charge in [0.15, 0.2) is 0 Å². The average Bonchev–Trinajstić information content (AvgIpc) is 2.60. The van der Waals surface area contributed by atoms with E-state index in [1.807, 2.05) is 12.1 Å². The first-order valence-corrected chi connectivity index (χ1v) is 4.48. The van der Waals surface area contributed by atoms with E-state index in [2.05, 4.69) is 6.07 Å². The van der Waals surface area contributed by atoms with Crippen molar-refractivity contribution < 1.29 is 9.53 Å². The van der Waals surface area contributed by atoms with Crippen molar-refractivity contribution in [2.45, 2.75) is 18.8 Å². The molecule has 1 atom stereocenters. The average molecular weight is 176 g/mol. The zero-order valence-electron chi connectivity index (χ0n) is 7.62. The molecule has 0 saturated carbocycles. The van der Waals surface area contributed by atoms with Gasteiger partial charge in [0.1, 0.15) is 12.0 Å². The lowest BCUT2D eigenvalue weighted by Gasteiger charge is -2.09. The molecule has 68 valence electrons. The highest BCUT2D eigenvalue weighted by atomic mass is 16.5. The Kier molecular flexibility index (Phi) is 2.05. The number of aryl methyl sites for hydroxylation is 1. The third kappa shape index (κ3) is 1.22. The van der Waals surface area contributed by atoms with Gasteiger partial charge in [0.05, 0.1) is 7.11 Å². The molecule has 0 spiro atoms. The number of ether oxygens (including phenoxy) is 1. The van der Waals surface area contributed by atoms with E-state index in [4.69, 9.17) is 4.74 Å². The van der Waals surface area contributed by atoms with Crippen LogP contribution in [-0.4, -0.2) is 13.4 Å². The Labute approximate surface area is 77.5 Å². The van der Waals surface area contributed by atoms with E-state index in [1.165, 1.54) is 5.56 Å². The predicted molar refractivity (Wildman–Crippen MR) is 50.1 cm³/mol. The lowest BCUT2D eigenvalue weighted by molar-refractivity contribution is -0.109. The zero-order chi connectivity index (χ0) is 9.26. The molecule has 1 aromatic rings. The molecular weight excluding hydrogens is 164 g/mol. The van der Waals surface area contributed by atoms with Gasteiger partial charge in [-0.3, -0.25) is 0 Å². The maximum Gasteiger partial charge on any atom is 0.127 e. The Morgan fingerprint density at radius 3 is 3.08 bits per heavy atom.